The third-order valence-corrected chi connectivity index (χ3v) is 6.17. The molecule has 1 fully saturated rings. The van der Waals surface area contributed by atoms with Crippen molar-refractivity contribution in [2.75, 3.05) is 12.8 Å². The summed E-state index contributed by atoms with van der Waals surface area (Å²) in [4.78, 5) is 31.8. The number of amides is 2. The molecule has 0 aromatic carbocycles. The summed E-state index contributed by atoms with van der Waals surface area (Å²) in [6, 6.07) is 2.22. The van der Waals surface area contributed by atoms with Crippen molar-refractivity contribution in [3.8, 4) is 0 Å². The summed E-state index contributed by atoms with van der Waals surface area (Å²) in [5, 5.41) is 16.6. The highest BCUT2D eigenvalue weighted by Crippen LogP contribution is 2.28. The molecule has 8 nitrogen and oxygen atoms in total. The summed E-state index contributed by atoms with van der Waals surface area (Å²) >= 11 is 0. The molecule has 2 rings (SSSR count). The number of carbonyl (C=O) groups excluding carboxylic acids is 2. The van der Waals surface area contributed by atoms with Crippen molar-refractivity contribution in [3.05, 3.63) is 23.9 Å². The first-order valence-electron chi connectivity index (χ1n) is 10.9. The molecule has 1 aromatic heterocycles. The van der Waals surface area contributed by atoms with Crippen LogP contribution in [0.1, 0.15) is 58.4 Å². The zero-order valence-corrected chi connectivity index (χ0v) is 18.6. The number of hydrogen-bond acceptors (Lipinski definition) is 6. The van der Waals surface area contributed by atoms with Crippen molar-refractivity contribution in [1.29, 1.82) is 0 Å². The molecule has 0 aliphatic heterocycles. The van der Waals surface area contributed by atoms with Gasteiger partial charge in [-0.3, -0.25) is 14.5 Å². The Morgan fingerprint density at radius 1 is 1.20 bits per heavy atom. The molecule has 1 aliphatic rings. The molecule has 1 saturated carbocycles. The second-order valence-electron chi connectivity index (χ2n) is 8.62. The third-order valence-electron chi connectivity index (χ3n) is 6.17. The lowest BCUT2D eigenvalue weighted by Gasteiger charge is -2.34. The number of hydrogen-bond donors (Lipinski definition) is 4. The van der Waals surface area contributed by atoms with Gasteiger partial charge in [-0.15, -0.1) is 0 Å². The van der Waals surface area contributed by atoms with Gasteiger partial charge in [0, 0.05) is 18.8 Å². The van der Waals surface area contributed by atoms with Crippen molar-refractivity contribution in [2.24, 2.45) is 5.92 Å². The summed E-state index contributed by atoms with van der Waals surface area (Å²) in [5.41, 5.74) is 6.39. The molecule has 5 N–H and O–H groups in total. The molecule has 168 valence electrons. The molecule has 30 heavy (non-hydrogen) atoms. The average Bonchev–Trinajstić information content (AvgIpc) is 2.75. The molecule has 3 atom stereocenters. The molecule has 0 saturated heterocycles. The number of nitrogens with two attached hydrogens (primary N) is 1. The van der Waals surface area contributed by atoms with Crippen LogP contribution < -0.4 is 16.4 Å². The minimum Gasteiger partial charge on any atom is -0.390 e. The van der Waals surface area contributed by atoms with Gasteiger partial charge in [0.1, 0.15) is 11.9 Å². The quantitative estimate of drug-likeness (QED) is 0.481. The van der Waals surface area contributed by atoms with Crippen LogP contribution in [-0.4, -0.2) is 58.1 Å². The van der Waals surface area contributed by atoms with Gasteiger partial charge in [-0.05, 0) is 58.2 Å². The molecule has 8 heteroatoms. The Morgan fingerprint density at radius 3 is 2.43 bits per heavy atom. The Morgan fingerprint density at radius 2 is 1.87 bits per heavy atom. The Labute approximate surface area is 179 Å². The Balaban J connectivity index is 2.09. The van der Waals surface area contributed by atoms with Gasteiger partial charge in [0.15, 0.2) is 0 Å². The number of aliphatic hydroxyl groups is 1. The van der Waals surface area contributed by atoms with Crippen LogP contribution in [0.5, 0.6) is 0 Å². The number of likely N-dealkylation sites (N-methyl/N-ethyl adjacent to an activating group) is 1. The minimum absolute atomic E-state index is 0.00567. The number of carbonyl (C=O) groups is 2. The maximum absolute atomic E-state index is 13.0. The van der Waals surface area contributed by atoms with Gasteiger partial charge in [0.25, 0.3) is 0 Å². The lowest BCUT2D eigenvalue weighted by molar-refractivity contribution is -0.135. The first-order valence-corrected chi connectivity index (χ1v) is 10.9. The van der Waals surface area contributed by atoms with Crippen LogP contribution in [0.3, 0.4) is 0 Å². The fourth-order valence-electron chi connectivity index (χ4n) is 3.80. The first-order chi connectivity index (χ1) is 14.2. The zero-order valence-electron chi connectivity index (χ0n) is 18.6. The zero-order chi connectivity index (χ0) is 22.3. The highest BCUT2D eigenvalue weighted by molar-refractivity contribution is 5.90. The molecule has 0 spiro atoms. The SMILES string of the molecule is CC(C)N(C)[C@@H](C)C(=O)NC(C(=O)NCc1ccc(N)nc1)C(O)C1CCCCC1. The normalized spacial score (nSPS) is 18.1. The number of anilines is 1. The number of nitrogens with zero attached hydrogens (tertiary/aromatic N) is 2. The standard InChI is InChI=1S/C22H37N5O3/c1-14(2)27(4)15(3)21(29)26-19(20(28)17-8-6-5-7-9-17)22(30)25-13-16-10-11-18(23)24-12-16/h10-12,14-15,17,19-20,28H,5-9,13H2,1-4H3,(H2,23,24)(H,25,30)(H,26,29)/t15-,19?,20?/m0/s1. The number of nitrogen functional groups attached to an aromatic ring is 1. The van der Waals surface area contributed by atoms with Gasteiger partial charge in [0.05, 0.1) is 12.1 Å². The molecule has 0 radical (unpaired) electrons. The van der Waals surface area contributed by atoms with Gasteiger partial charge in [-0.1, -0.05) is 25.3 Å². The van der Waals surface area contributed by atoms with Gasteiger partial charge < -0.3 is 21.5 Å². The maximum Gasteiger partial charge on any atom is 0.245 e. The van der Waals surface area contributed by atoms with E-state index in [1.807, 2.05) is 25.8 Å². The Bertz CT molecular complexity index is 689. The van der Waals surface area contributed by atoms with Crippen LogP contribution in [0.25, 0.3) is 0 Å². The van der Waals surface area contributed by atoms with Crippen molar-refractivity contribution in [2.45, 2.75) is 83.6 Å². The number of pyridine rings is 1. The predicted octanol–water partition coefficient (Wildman–Crippen LogP) is 1.43. The van der Waals surface area contributed by atoms with Crippen LogP contribution in [-0.2, 0) is 16.1 Å². The smallest absolute Gasteiger partial charge is 0.245 e. The molecule has 0 bridgehead atoms. The fraction of sp³-hybridized carbons (Fsp3) is 0.682. The second kappa shape index (κ2) is 11.3. The van der Waals surface area contributed by atoms with E-state index < -0.39 is 24.1 Å². The van der Waals surface area contributed by atoms with Crippen LogP contribution in [0, 0.1) is 5.92 Å². The maximum atomic E-state index is 13.0. The predicted molar refractivity (Wildman–Crippen MR) is 117 cm³/mol. The van der Waals surface area contributed by atoms with E-state index in [4.69, 9.17) is 5.73 Å². The van der Waals surface area contributed by atoms with E-state index in [0.717, 1.165) is 37.7 Å². The summed E-state index contributed by atoms with van der Waals surface area (Å²) in [6.07, 6.45) is 5.62. The van der Waals surface area contributed by atoms with Crippen LogP contribution in [0.2, 0.25) is 0 Å². The lowest BCUT2D eigenvalue weighted by atomic mass is 9.82. The van der Waals surface area contributed by atoms with Crippen LogP contribution in [0.15, 0.2) is 18.3 Å². The number of aliphatic hydroxyl groups excluding tert-OH is 1. The fourth-order valence-corrected chi connectivity index (χ4v) is 3.80. The van der Waals surface area contributed by atoms with E-state index in [-0.39, 0.29) is 24.4 Å². The van der Waals surface area contributed by atoms with Crippen molar-refractivity contribution >= 4 is 17.6 Å². The summed E-state index contributed by atoms with van der Waals surface area (Å²) in [6.45, 7) is 6.06. The average molecular weight is 420 g/mol. The number of aromatic nitrogens is 1. The minimum atomic E-state index is -0.995. The van der Waals surface area contributed by atoms with Gasteiger partial charge in [-0.2, -0.15) is 0 Å². The molecular weight excluding hydrogens is 382 g/mol. The molecule has 2 unspecified atom stereocenters. The van der Waals surface area contributed by atoms with Gasteiger partial charge >= 0.3 is 0 Å². The summed E-state index contributed by atoms with van der Waals surface area (Å²) in [5.74, 6) is -0.245. The molecular formula is C22H37N5O3. The van der Waals surface area contributed by atoms with E-state index in [1.165, 1.54) is 0 Å². The number of rotatable bonds is 9. The third kappa shape index (κ3) is 6.67. The highest BCUT2D eigenvalue weighted by Gasteiger charge is 2.36. The molecule has 1 heterocycles. The highest BCUT2D eigenvalue weighted by atomic mass is 16.3. The lowest BCUT2D eigenvalue weighted by Crippen LogP contribution is -2.58. The Hall–Kier alpha value is -2.19. The second-order valence-corrected chi connectivity index (χ2v) is 8.62. The van der Waals surface area contributed by atoms with E-state index >= 15 is 0 Å². The largest absolute Gasteiger partial charge is 0.390 e. The number of nitrogens with one attached hydrogen (secondary N) is 2. The Kier molecular flexibility index (Phi) is 9.05. The molecule has 1 aromatic rings. The molecule has 2 amide bonds. The van der Waals surface area contributed by atoms with E-state index in [2.05, 4.69) is 15.6 Å². The van der Waals surface area contributed by atoms with E-state index in [9.17, 15) is 14.7 Å². The first kappa shape index (κ1) is 24.1. The summed E-state index contributed by atoms with van der Waals surface area (Å²) in [7, 11) is 1.87. The van der Waals surface area contributed by atoms with E-state index in [1.54, 1.807) is 25.3 Å². The molecule has 1 aliphatic carbocycles. The monoisotopic (exact) mass is 419 g/mol. The summed E-state index contributed by atoms with van der Waals surface area (Å²) < 4.78 is 0. The van der Waals surface area contributed by atoms with Gasteiger partial charge in [0.2, 0.25) is 11.8 Å². The van der Waals surface area contributed by atoms with Crippen molar-refractivity contribution < 1.29 is 14.7 Å². The van der Waals surface area contributed by atoms with Gasteiger partial charge in [-0.25, -0.2) is 4.98 Å². The van der Waals surface area contributed by atoms with Crippen LogP contribution >= 0.6 is 0 Å². The topological polar surface area (TPSA) is 121 Å². The van der Waals surface area contributed by atoms with Crippen molar-refractivity contribution in [1.82, 2.24) is 20.5 Å². The van der Waals surface area contributed by atoms with Crippen LogP contribution in [0.4, 0.5) is 5.82 Å². The van der Waals surface area contributed by atoms with Crippen molar-refractivity contribution in [3.63, 3.8) is 0 Å². The van der Waals surface area contributed by atoms with E-state index in [0.29, 0.717) is 5.82 Å².